The Morgan fingerprint density at radius 1 is 1.39 bits per heavy atom. The maximum Gasteiger partial charge on any atom is 0.164 e. The van der Waals surface area contributed by atoms with Crippen LogP contribution in [0.4, 0.5) is 0 Å². The molecule has 2 aromatic rings. The highest BCUT2D eigenvalue weighted by atomic mass is 32.2. The number of fused-ring (bicyclic) bond motifs is 1. The molecular weight excluding hydrogens is 246 g/mol. The first-order valence-corrected chi connectivity index (χ1v) is 8.12. The maximum atomic E-state index is 11.8. The molecule has 0 radical (unpaired) electrons. The summed E-state index contributed by atoms with van der Waals surface area (Å²) >= 11 is 0. The zero-order valence-corrected chi connectivity index (χ0v) is 12.1. The van der Waals surface area contributed by atoms with Gasteiger partial charge in [-0.1, -0.05) is 26.8 Å². The van der Waals surface area contributed by atoms with Gasteiger partial charge in [-0.2, -0.15) is 0 Å². The molecule has 0 saturated heterocycles. The Bertz CT molecular complexity index is 678. The first-order valence-electron chi connectivity index (χ1n) is 5.81. The molecular formula is C13H19N3OS. The Kier molecular flexibility index (Phi) is 2.97. The molecule has 0 spiro atoms. The molecule has 0 aromatic carbocycles. The van der Waals surface area contributed by atoms with Crippen molar-refractivity contribution in [2.24, 2.45) is 0 Å². The highest BCUT2D eigenvalue weighted by Crippen LogP contribution is 2.25. The number of aromatic nitrogens is 3. The van der Waals surface area contributed by atoms with Crippen LogP contribution in [0.15, 0.2) is 18.3 Å². The molecule has 98 valence electrons. The van der Waals surface area contributed by atoms with Gasteiger partial charge in [0, 0.05) is 18.0 Å². The van der Waals surface area contributed by atoms with E-state index in [0.717, 1.165) is 11.2 Å². The van der Waals surface area contributed by atoms with Gasteiger partial charge in [-0.25, -0.2) is 0 Å². The normalized spacial score (nSPS) is 15.8. The second kappa shape index (κ2) is 4.09. The molecule has 18 heavy (non-hydrogen) atoms. The molecule has 2 aromatic heterocycles. The van der Waals surface area contributed by atoms with E-state index < -0.39 is 9.52 Å². The summed E-state index contributed by atoms with van der Waals surface area (Å²) in [6.45, 7) is 6.42. The zero-order chi connectivity index (χ0) is 13.6. The van der Waals surface area contributed by atoms with Crippen molar-refractivity contribution >= 4 is 21.0 Å². The quantitative estimate of drug-likeness (QED) is 0.779. The Morgan fingerprint density at radius 3 is 2.61 bits per heavy atom. The Balaban J connectivity index is 2.63. The predicted octanol–water partition coefficient (Wildman–Crippen LogP) is 1.87. The minimum absolute atomic E-state index is 0.00486. The average molecular weight is 265 g/mol. The summed E-state index contributed by atoms with van der Waals surface area (Å²) < 4.78 is 13.7. The van der Waals surface area contributed by atoms with Gasteiger partial charge in [0.05, 0.1) is 5.75 Å². The Hall–Kier alpha value is -1.36. The maximum absolute atomic E-state index is 11.8. The molecule has 5 heteroatoms. The van der Waals surface area contributed by atoms with Crippen molar-refractivity contribution in [3.05, 3.63) is 29.7 Å². The molecule has 4 nitrogen and oxygen atoms in total. The summed E-state index contributed by atoms with van der Waals surface area (Å²) in [6, 6.07) is 4.03. The van der Waals surface area contributed by atoms with Crippen molar-refractivity contribution in [3.63, 3.8) is 0 Å². The topological polar surface area (TPSA) is 47.3 Å². The lowest BCUT2D eigenvalue weighted by molar-refractivity contribution is 0.591. The summed E-state index contributed by atoms with van der Waals surface area (Å²) in [7, 11) is -2.11. The van der Waals surface area contributed by atoms with E-state index in [9.17, 15) is 4.21 Å². The smallest absolute Gasteiger partial charge is 0.164 e. The summed E-state index contributed by atoms with van der Waals surface area (Å²) in [5.74, 6) is 4.73. The van der Waals surface area contributed by atoms with Gasteiger partial charge < -0.3 is 0 Å². The third kappa shape index (κ3) is 2.56. The first kappa shape index (κ1) is 13.1. The lowest BCUT2D eigenvalue weighted by atomic mass is 9.88. The van der Waals surface area contributed by atoms with Gasteiger partial charge in [0.2, 0.25) is 0 Å². The lowest BCUT2D eigenvalue weighted by Gasteiger charge is -2.19. The largest absolute Gasteiger partial charge is 0.285 e. The molecule has 0 aliphatic rings. The van der Waals surface area contributed by atoms with E-state index in [4.69, 9.17) is 0 Å². The Morgan fingerprint density at radius 2 is 2.06 bits per heavy atom. The fraction of sp³-hybridized carbons (Fsp3) is 0.462. The summed E-state index contributed by atoms with van der Waals surface area (Å²) in [5.41, 5.74) is 1.98. The van der Waals surface area contributed by atoms with Crippen molar-refractivity contribution < 1.29 is 4.21 Å². The standard InChI is InChI=1S/C13H19N3OS/c1-13(2,3)10-7-6-8-16-11(9-18(4,5)17)14-15-12(10)16/h6-8H,4,9H2,1-3,5H3. The van der Waals surface area contributed by atoms with Crippen LogP contribution in [0.3, 0.4) is 0 Å². The van der Waals surface area contributed by atoms with Crippen LogP contribution in [0, 0.1) is 0 Å². The van der Waals surface area contributed by atoms with Crippen molar-refractivity contribution in [3.8, 4) is 0 Å². The molecule has 0 saturated carbocycles. The van der Waals surface area contributed by atoms with E-state index in [1.807, 2.05) is 16.7 Å². The van der Waals surface area contributed by atoms with E-state index in [2.05, 4.69) is 42.9 Å². The number of hydrogen-bond donors (Lipinski definition) is 0. The van der Waals surface area contributed by atoms with Gasteiger partial charge in [0.1, 0.15) is 5.82 Å². The molecule has 1 atom stereocenters. The van der Waals surface area contributed by atoms with E-state index in [0.29, 0.717) is 11.6 Å². The minimum atomic E-state index is -2.11. The Labute approximate surface area is 108 Å². The number of hydrogen-bond acceptors (Lipinski definition) is 3. The van der Waals surface area contributed by atoms with Gasteiger partial charge in [-0.05, 0) is 26.9 Å². The van der Waals surface area contributed by atoms with Crippen LogP contribution in [-0.2, 0) is 20.7 Å². The summed E-state index contributed by atoms with van der Waals surface area (Å²) in [6.07, 6.45) is 3.55. The fourth-order valence-electron chi connectivity index (χ4n) is 1.92. The first-order chi connectivity index (χ1) is 8.18. The van der Waals surface area contributed by atoms with Gasteiger partial charge in [0.25, 0.3) is 0 Å². The monoisotopic (exact) mass is 265 g/mol. The predicted molar refractivity (Wildman–Crippen MR) is 76.6 cm³/mol. The van der Waals surface area contributed by atoms with E-state index >= 15 is 0 Å². The number of pyridine rings is 1. The molecule has 0 aliphatic heterocycles. The molecule has 0 fully saturated rings. The highest BCUT2D eigenvalue weighted by Gasteiger charge is 2.20. The highest BCUT2D eigenvalue weighted by molar-refractivity contribution is 7.98. The zero-order valence-electron chi connectivity index (χ0n) is 11.3. The van der Waals surface area contributed by atoms with Crippen LogP contribution < -0.4 is 0 Å². The van der Waals surface area contributed by atoms with E-state index in [-0.39, 0.29) is 5.41 Å². The minimum Gasteiger partial charge on any atom is -0.285 e. The molecule has 2 heterocycles. The molecule has 2 rings (SSSR count). The van der Waals surface area contributed by atoms with Crippen molar-refractivity contribution in [2.45, 2.75) is 31.9 Å². The van der Waals surface area contributed by atoms with Crippen LogP contribution in [-0.4, -0.2) is 30.9 Å². The molecule has 0 aliphatic carbocycles. The fourth-order valence-corrected chi connectivity index (χ4v) is 2.66. The van der Waals surface area contributed by atoms with Crippen LogP contribution in [0.1, 0.15) is 32.2 Å². The second-order valence-corrected chi connectivity index (χ2v) is 8.47. The van der Waals surface area contributed by atoms with Crippen LogP contribution in [0.2, 0.25) is 0 Å². The second-order valence-electron chi connectivity index (χ2n) is 5.81. The van der Waals surface area contributed by atoms with E-state index in [1.54, 1.807) is 6.26 Å². The average Bonchev–Trinajstić information content (AvgIpc) is 2.57. The van der Waals surface area contributed by atoms with Crippen molar-refractivity contribution in [2.75, 3.05) is 6.26 Å². The lowest BCUT2D eigenvalue weighted by Crippen LogP contribution is -2.13. The SMILES string of the molecule is C=S(C)(=O)Cc1nnc2c(C(C)(C)C)cccn12. The van der Waals surface area contributed by atoms with Gasteiger partial charge in [0.15, 0.2) is 5.65 Å². The summed E-state index contributed by atoms with van der Waals surface area (Å²) in [5, 5.41) is 8.38. The van der Waals surface area contributed by atoms with Crippen LogP contribution in [0.5, 0.6) is 0 Å². The van der Waals surface area contributed by atoms with Crippen molar-refractivity contribution in [1.29, 1.82) is 0 Å². The van der Waals surface area contributed by atoms with Gasteiger partial charge in [-0.3, -0.25) is 8.61 Å². The molecule has 0 bridgehead atoms. The van der Waals surface area contributed by atoms with Crippen LogP contribution >= 0.6 is 0 Å². The van der Waals surface area contributed by atoms with Crippen LogP contribution in [0.25, 0.3) is 5.65 Å². The number of rotatable bonds is 2. The molecule has 1 unspecified atom stereocenters. The number of nitrogens with zero attached hydrogens (tertiary/aromatic N) is 3. The van der Waals surface area contributed by atoms with Gasteiger partial charge in [-0.15, -0.1) is 10.2 Å². The summed E-state index contributed by atoms with van der Waals surface area (Å²) in [4.78, 5) is 0. The van der Waals surface area contributed by atoms with E-state index in [1.165, 1.54) is 0 Å². The van der Waals surface area contributed by atoms with Crippen molar-refractivity contribution in [1.82, 2.24) is 14.6 Å². The molecule has 0 amide bonds. The third-order valence-electron chi connectivity index (χ3n) is 2.75. The third-order valence-corrected chi connectivity index (χ3v) is 3.62. The van der Waals surface area contributed by atoms with Gasteiger partial charge >= 0.3 is 0 Å². The molecule has 0 N–H and O–H groups in total.